The molecule has 6 heteroatoms. The number of para-hydroxylation sites is 2. The van der Waals surface area contributed by atoms with E-state index < -0.39 is 0 Å². The van der Waals surface area contributed by atoms with E-state index in [1.165, 1.54) is 0 Å². The van der Waals surface area contributed by atoms with Gasteiger partial charge >= 0.3 is 5.69 Å². The van der Waals surface area contributed by atoms with Gasteiger partial charge in [-0.05, 0) is 23.8 Å². The van der Waals surface area contributed by atoms with Crippen molar-refractivity contribution in [3.63, 3.8) is 0 Å². The average molecular weight is 361 g/mol. The molecule has 1 N–H and O–H groups in total. The van der Waals surface area contributed by atoms with E-state index in [1.54, 1.807) is 28.5 Å². The molecular formula is C21H19N3O3. The topological polar surface area (TPSA) is 69.0 Å². The van der Waals surface area contributed by atoms with Crippen molar-refractivity contribution >= 4 is 11.0 Å². The lowest BCUT2D eigenvalue weighted by Gasteiger charge is -2.12. The Labute approximate surface area is 155 Å². The third-order valence-electron chi connectivity index (χ3n) is 4.54. The van der Waals surface area contributed by atoms with Crippen LogP contribution in [0, 0.1) is 0 Å². The molecular weight excluding hydrogens is 342 g/mol. The van der Waals surface area contributed by atoms with E-state index >= 15 is 0 Å². The van der Waals surface area contributed by atoms with E-state index in [-0.39, 0.29) is 11.2 Å². The summed E-state index contributed by atoms with van der Waals surface area (Å²) in [6.45, 7) is 0.806. The summed E-state index contributed by atoms with van der Waals surface area (Å²) in [4.78, 5) is 28.4. The first-order valence-corrected chi connectivity index (χ1v) is 8.68. The minimum absolute atomic E-state index is 0.116. The van der Waals surface area contributed by atoms with Crippen molar-refractivity contribution in [2.24, 2.45) is 0 Å². The smallest absolute Gasteiger partial charge is 0.331 e. The van der Waals surface area contributed by atoms with E-state index in [0.29, 0.717) is 24.4 Å². The van der Waals surface area contributed by atoms with Gasteiger partial charge in [0.25, 0.3) is 5.56 Å². The van der Waals surface area contributed by atoms with Crippen LogP contribution in [0.5, 0.6) is 0 Å². The molecule has 2 aromatic heterocycles. The molecule has 0 aliphatic rings. The lowest BCUT2D eigenvalue weighted by atomic mass is 10.1. The molecule has 0 spiro atoms. The Morgan fingerprint density at radius 1 is 1.00 bits per heavy atom. The van der Waals surface area contributed by atoms with Gasteiger partial charge in [0.05, 0.1) is 23.3 Å². The Bertz CT molecular complexity index is 1200. The number of benzene rings is 2. The van der Waals surface area contributed by atoms with Gasteiger partial charge in [-0.1, -0.05) is 42.5 Å². The first kappa shape index (κ1) is 17.1. The van der Waals surface area contributed by atoms with Gasteiger partial charge in [-0.3, -0.25) is 9.36 Å². The van der Waals surface area contributed by atoms with E-state index in [4.69, 9.17) is 4.74 Å². The maximum Gasteiger partial charge on any atom is 0.331 e. The zero-order chi connectivity index (χ0) is 18.8. The predicted molar refractivity (Wildman–Crippen MR) is 105 cm³/mol. The summed E-state index contributed by atoms with van der Waals surface area (Å²) in [5, 5.41) is 0. The van der Waals surface area contributed by atoms with Crippen molar-refractivity contribution in [2.45, 2.75) is 6.54 Å². The Hall–Kier alpha value is -3.38. The largest absolute Gasteiger partial charge is 0.383 e. The van der Waals surface area contributed by atoms with E-state index in [1.807, 2.05) is 54.6 Å². The molecule has 0 aliphatic carbocycles. The first-order chi connectivity index (χ1) is 13.2. The molecule has 4 aromatic rings. The summed E-state index contributed by atoms with van der Waals surface area (Å²) in [6.07, 6.45) is 1.70. The fourth-order valence-electron chi connectivity index (χ4n) is 3.23. The highest BCUT2D eigenvalue weighted by Gasteiger charge is 2.14. The summed E-state index contributed by atoms with van der Waals surface area (Å²) in [5.41, 5.74) is 3.13. The van der Waals surface area contributed by atoms with E-state index in [9.17, 15) is 9.59 Å². The van der Waals surface area contributed by atoms with Crippen LogP contribution in [-0.2, 0) is 11.3 Å². The maximum absolute atomic E-state index is 13.0. The second-order valence-corrected chi connectivity index (χ2v) is 6.25. The third kappa shape index (κ3) is 3.11. The minimum atomic E-state index is -0.243. The highest BCUT2D eigenvalue weighted by atomic mass is 16.5. The highest BCUT2D eigenvalue weighted by molar-refractivity contribution is 5.77. The van der Waals surface area contributed by atoms with Crippen molar-refractivity contribution in [3.05, 3.63) is 87.7 Å². The Morgan fingerprint density at radius 2 is 1.74 bits per heavy atom. The van der Waals surface area contributed by atoms with Gasteiger partial charge in [0.15, 0.2) is 0 Å². The lowest BCUT2D eigenvalue weighted by molar-refractivity contribution is 0.186. The number of hydrogen-bond donors (Lipinski definition) is 1. The van der Waals surface area contributed by atoms with E-state index in [0.717, 1.165) is 16.6 Å². The Balaban J connectivity index is 1.99. The number of imidazole rings is 1. The number of H-pyrrole nitrogens is 1. The van der Waals surface area contributed by atoms with E-state index in [2.05, 4.69) is 4.98 Å². The molecule has 27 heavy (non-hydrogen) atoms. The van der Waals surface area contributed by atoms with Crippen LogP contribution in [0.2, 0.25) is 0 Å². The molecule has 0 fully saturated rings. The second-order valence-electron chi connectivity index (χ2n) is 6.25. The lowest BCUT2D eigenvalue weighted by Crippen LogP contribution is -2.25. The quantitative estimate of drug-likeness (QED) is 0.594. The molecule has 0 aliphatic heterocycles. The molecule has 0 saturated heterocycles. The number of hydrogen-bond acceptors (Lipinski definition) is 3. The molecule has 2 aromatic carbocycles. The molecule has 0 radical (unpaired) electrons. The zero-order valence-corrected chi connectivity index (χ0v) is 14.9. The molecule has 0 unspecified atom stereocenters. The summed E-state index contributed by atoms with van der Waals surface area (Å²) < 4.78 is 8.32. The average Bonchev–Trinajstić information content (AvgIpc) is 3.03. The molecule has 0 bridgehead atoms. The summed E-state index contributed by atoms with van der Waals surface area (Å²) in [5.74, 6) is 0. The molecule has 6 nitrogen and oxygen atoms in total. The van der Waals surface area contributed by atoms with Gasteiger partial charge in [-0.25, -0.2) is 4.79 Å². The summed E-state index contributed by atoms with van der Waals surface area (Å²) >= 11 is 0. The van der Waals surface area contributed by atoms with Crippen LogP contribution in [0.3, 0.4) is 0 Å². The predicted octanol–water partition coefficient (Wildman–Crippen LogP) is 2.79. The number of fused-ring (bicyclic) bond motifs is 1. The Kier molecular flexibility index (Phi) is 4.48. The monoisotopic (exact) mass is 361 g/mol. The SMILES string of the molecule is COCCn1cc(-n2c(=O)[nH]c3ccccc32)cc(-c2ccccc2)c1=O. The van der Waals surface area contributed by atoms with Crippen LogP contribution in [0.15, 0.2) is 76.4 Å². The van der Waals surface area contributed by atoms with Gasteiger partial charge in [0.1, 0.15) is 0 Å². The molecule has 136 valence electrons. The van der Waals surface area contributed by atoms with Crippen LogP contribution >= 0.6 is 0 Å². The molecule has 2 heterocycles. The van der Waals surface area contributed by atoms with Gasteiger partial charge in [-0.2, -0.15) is 0 Å². The number of nitrogens with zero attached hydrogens (tertiary/aromatic N) is 2. The Morgan fingerprint density at radius 3 is 2.52 bits per heavy atom. The maximum atomic E-state index is 13.0. The number of methoxy groups -OCH3 is 1. The van der Waals surface area contributed by atoms with Crippen LogP contribution in [0.25, 0.3) is 27.8 Å². The highest BCUT2D eigenvalue weighted by Crippen LogP contribution is 2.20. The summed E-state index contributed by atoms with van der Waals surface area (Å²) in [6, 6.07) is 18.7. The van der Waals surface area contributed by atoms with Crippen molar-refractivity contribution in [3.8, 4) is 16.8 Å². The normalized spacial score (nSPS) is 11.1. The third-order valence-corrected chi connectivity index (χ3v) is 4.54. The number of pyridine rings is 1. The van der Waals surface area contributed by atoms with Crippen LogP contribution in [0.1, 0.15) is 0 Å². The van der Waals surface area contributed by atoms with Crippen molar-refractivity contribution in [1.29, 1.82) is 0 Å². The molecule has 0 atom stereocenters. The summed E-state index contributed by atoms with van der Waals surface area (Å²) in [7, 11) is 1.59. The van der Waals surface area contributed by atoms with Gasteiger partial charge in [0, 0.05) is 25.4 Å². The number of rotatable bonds is 5. The van der Waals surface area contributed by atoms with Gasteiger partial charge in [0.2, 0.25) is 0 Å². The first-order valence-electron chi connectivity index (χ1n) is 8.68. The van der Waals surface area contributed by atoms with Crippen LogP contribution in [-0.4, -0.2) is 27.8 Å². The van der Waals surface area contributed by atoms with Crippen molar-refractivity contribution < 1.29 is 4.74 Å². The number of nitrogens with one attached hydrogen (secondary N) is 1. The van der Waals surface area contributed by atoms with Gasteiger partial charge < -0.3 is 14.3 Å². The fraction of sp³-hybridized carbons (Fsp3) is 0.143. The zero-order valence-electron chi connectivity index (χ0n) is 14.9. The molecule has 4 rings (SSSR count). The van der Waals surface area contributed by atoms with Crippen LogP contribution in [0.4, 0.5) is 0 Å². The van der Waals surface area contributed by atoms with Crippen molar-refractivity contribution in [2.75, 3.05) is 13.7 Å². The fourth-order valence-corrected chi connectivity index (χ4v) is 3.23. The molecule has 0 saturated carbocycles. The number of aromatic amines is 1. The van der Waals surface area contributed by atoms with Crippen LogP contribution < -0.4 is 11.2 Å². The minimum Gasteiger partial charge on any atom is -0.383 e. The standard InChI is InChI=1S/C21H19N3O3/c1-27-12-11-23-14-16(13-17(20(23)25)15-7-3-2-4-8-15)24-19-10-6-5-9-18(19)22-21(24)26/h2-10,13-14H,11-12H2,1H3,(H,22,26). The van der Waals surface area contributed by atoms with Gasteiger partial charge in [-0.15, -0.1) is 0 Å². The number of aromatic nitrogens is 3. The second kappa shape index (κ2) is 7.09. The van der Waals surface area contributed by atoms with Crippen molar-refractivity contribution in [1.82, 2.24) is 14.1 Å². The molecule has 0 amide bonds. The number of ether oxygens (including phenoxy) is 1.